The highest BCUT2D eigenvalue weighted by Gasteiger charge is 2.46. The minimum absolute atomic E-state index is 0.116. The molecule has 108 valence electrons. The van der Waals surface area contributed by atoms with Crippen molar-refractivity contribution in [1.82, 2.24) is 10.3 Å². The largest absolute Gasteiger partial charge is 0.305 e. The van der Waals surface area contributed by atoms with Crippen molar-refractivity contribution in [1.29, 1.82) is 0 Å². The maximum atomic E-state index is 4.81. The molecule has 2 nitrogen and oxygen atoms in total. The van der Waals surface area contributed by atoms with Crippen molar-refractivity contribution in [2.45, 2.75) is 65.8 Å². The number of aromatic nitrogens is 1. The van der Waals surface area contributed by atoms with E-state index in [1.165, 1.54) is 30.7 Å². The number of hydrogen-bond donors (Lipinski definition) is 1. The Balaban J connectivity index is 2.30. The third-order valence-electron chi connectivity index (χ3n) is 4.59. The second-order valence-electron chi connectivity index (χ2n) is 6.96. The molecule has 1 saturated carbocycles. The molecule has 1 aliphatic carbocycles. The summed E-state index contributed by atoms with van der Waals surface area (Å²) in [6, 6.07) is 0. The van der Waals surface area contributed by atoms with Gasteiger partial charge in [-0.15, -0.1) is 11.3 Å². The third kappa shape index (κ3) is 3.03. The summed E-state index contributed by atoms with van der Waals surface area (Å²) in [5.41, 5.74) is 1.75. The summed E-state index contributed by atoms with van der Waals surface area (Å²) in [6.45, 7) is 12.6. The summed E-state index contributed by atoms with van der Waals surface area (Å²) < 4.78 is 0. The predicted molar refractivity (Wildman–Crippen MR) is 83.6 cm³/mol. The van der Waals surface area contributed by atoms with Crippen LogP contribution in [0.25, 0.3) is 0 Å². The fraction of sp³-hybridized carbons (Fsp3) is 0.812. The molecule has 0 aliphatic heterocycles. The summed E-state index contributed by atoms with van der Waals surface area (Å²) in [7, 11) is 0. The summed E-state index contributed by atoms with van der Waals surface area (Å²) in [6.07, 6.45) is 4.96. The molecule has 0 bridgehead atoms. The molecule has 1 heterocycles. The molecular weight excluding hydrogens is 252 g/mol. The fourth-order valence-electron chi connectivity index (χ4n) is 3.45. The van der Waals surface area contributed by atoms with Crippen LogP contribution in [-0.4, -0.2) is 11.5 Å². The molecule has 2 atom stereocenters. The van der Waals surface area contributed by atoms with Crippen molar-refractivity contribution in [3.8, 4) is 0 Å². The Morgan fingerprint density at radius 3 is 2.68 bits per heavy atom. The topological polar surface area (TPSA) is 24.9 Å². The van der Waals surface area contributed by atoms with E-state index in [0.717, 1.165) is 12.2 Å². The maximum Gasteiger partial charge on any atom is 0.113 e. The molecule has 0 spiro atoms. The summed E-state index contributed by atoms with van der Waals surface area (Å²) in [5.74, 6) is 0.647. The number of nitrogens with zero attached hydrogens (tertiary/aromatic N) is 1. The Kier molecular flexibility index (Phi) is 4.36. The first kappa shape index (κ1) is 15.0. The number of nitrogens with one attached hydrogen (secondary N) is 1. The van der Waals surface area contributed by atoms with Gasteiger partial charge >= 0.3 is 0 Å². The van der Waals surface area contributed by atoms with Crippen molar-refractivity contribution in [2.75, 3.05) is 6.54 Å². The minimum Gasteiger partial charge on any atom is -0.305 e. The van der Waals surface area contributed by atoms with E-state index in [1.807, 2.05) is 11.3 Å². The van der Waals surface area contributed by atoms with Gasteiger partial charge in [-0.25, -0.2) is 4.98 Å². The molecule has 1 N–H and O–H groups in total. The number of thiazole rings is 1. The van der Waals surface area contributed by atoms with E-state index in [-0.39, 0.29) is 5.54 Å². The lowest BCUT2D eigenvalue weighted by Crippen LogP contribution is -2.52. The second-order valence-corrected chi connectivity index (χ2v) is 7.82. The highest BCUT2D eigenvalue weighted by molar-refractivity contribution is 7.09. The number of rotatable bonds is 4. The Morgan fingerprint density at radius 2 is 2.16 bits per heavy atom. The first-order valence-corrected chi connectivity index (χ1v) is 8.45. The lowest BCUT2D eigenvalue weighted by Gasteiger charge is -2.48. The third-order valence-corrected chi connectivity index (χ3v) is 5.73. The number of aryl methyl sites for hydroxylation is 1. The maximum absolute atomic E-state index is 4.81. The van der Waals surface area contributed by atoms with E-state index < -0.39 is 0 Å². The zero-order valence-corrected chi connectivity index (χ0v) is 13.9. The van der Waals surface area contributed by atoms with E-state index in [9.17, 15) is 0 Å². The van der Waals surface area contributed by atoms with Gasteiger partial charge in [0.1, 0.15) is 5.01 Å². The molecule has 3 heteroatoms. The van der Waals surface area contributed by atoms with Gasteiger partial charge in [0.2, 0.25) is 0 Å². The van der Waals surface area contributed by atoms with Gasteiger partial charge in [-0.3, -0.25) is 0 Å². The monoisotopic (exact) mass is 280 g/mol. The molecule has 0 amide bonds. The minimum atomic E-state index is 0.116. The molecule has 2 unspecified atom stereocenters. The molecule has 1 aromatic heterocycles. The lowest BCUT2D eigenvalue weighted by molar-refractivity contribution is 0.0715. The van der Waals surface area contributed by atoms with Crippen molar-refractivity contribution in [2.24, 2.45) is 11.3 Å². The van der Waals surface area contributed by atoms with Gasteiger partial charge in [0, 0.05) is 11.1 Å². The van der Waals surface area contributed by atoms with Crippen molar-refractivity contribution < 1.29 is 0 Å². The molecule has 19 heavy (non-hydrogen) atoms. The van der Waals surface area contributed by atoms with Gasteiger partial charge in [-0.2, -0.15) is 0 Å². The van der Waals surface area contributed by atoms with Gasteiger partial charge in [-0.05, 0) is 50.5 Å². The van der Waals surface area contributed by atoms with E-state index in [4.69, 9.17) is 4.98 Å². The van der Waals surface area contributed by atoms with Crippen LogP contribution in [-0.2, 0) is 5.54 Å². The zero-order chi connectivity index (χ0) is 14.1. The standard InChI is InChI=1S/C16H28N2S/c1-6-9-17-16(14-18-13(3)11-19-14)8-7-15(4,5)10-12(16)2/h11-12,17H,6-10H2,1-5H3. The fourth-order valence-corrected chi connectivity index (χ4v) is 4.57. The van der Waals surface area contributed by atoms with Crippen LogP contribution in [0.4, 0.5) is 0 Å². The van der Waals surface area contributed by atoms with Gasteiger partial charge in [-0.1, -0.05) is 27.7 Å². The molecule has 1 aliphatic rings. The Hall–Kier alpha value is -0.410. The van der Waals surface area contributed by atoms with Gasteiger partial charge in [0.05, 0.1) is 5.54 Å². The van der Waals surface area contributed by atoms with Crippen molar-refractivity contribution in [3.05, 3.63) is 16.1 Å². The van der Waals surface area contributed by atoms with Crippen LogP contribution in [0.5, 0.6) is 0 Å². The zero-order valence-electron chi connectivity index (χ0n) is 13.0. The molecular formula is C16H28N2S. The Morgan fingerprint density at radius 1 is 1.42 bits per heavy atom. The van der Waals surface area contributed by atoms with Gasteiger partial charge in [0.15, 0.2) is 0 Å². The highest BCUT2D eigenvalue weighted by atomic mass is 32.1. The van der Waals surface area contributed by atoms with E-state index >= 15 is 0 Å². The quantitative estimate of drug-likeness (QED) is 0.879. The van der Waals surface area contributed by atoms with Crippen molar-refractivity contribution >= 4 is 11.3 Å². The Labute approximate surface area is 122 Å². The van der Waals surface area contributed by atoms with E-state index in [2.05, 4.69) is 45.3 Å². The molecule has 2 rings (SSSR count). The molecule has 0 saturated heterocycles. The van der Waals surface area contributed by atoms with Crippen LogP contribution in [0.2, 0.25) is 0 Å². The van der Waals surface area contributed by atoms with Crippen LogP contribution in [0.3, 0.4) is 0 Å². The van der Waals surface area contributed by atoms with Crippen LogP contribution in [0.1, 0.15) is 64.1 Å². The summed E-state index contributed by atoms with van der Waals surface area (Å²) in [4.78, 5) is 4.81. The first-order valence-electron chi connectivity index (χ1n) is 7.57. The molecule has 0 aromatic carbocycles. The van der Waals surface area contributed by atoms with Gasteiger partial charge < -0.3 is 5.32 Å². The molecule has 1 aromatic rings. The SMILES string of the molecule is CCCNC1(c2nc(C)cs2)CCC(C)(C)CC1C. The first-order chi connectivity index (χ1) is 8.89. The molecule has 0 radical (unpaired) electrons. The summed E-state index contributed by atoms with van der Waals surface area (Å²) in [5, 5.41) is 7.35. The lowest BCUT2D eigenvalue weighted by atomic mass is 9.64. The van der Waals surface area contributed by atoms with Crippen molar-refractivity contribution in [3.63, 3.8) is 0 Å². The van der Waals surface area contributed by atoms with Crippen LogP contribution < -0.4 is 5.32 Å². The van der Waals surface area contributed by atoms with Gasteiger partial charge in [0.25, 0.3) is 0 Å². The van der Waals surface area contributed by atoms with E-state index in [1.54, 1.807) is 0 Å². The summed E-state index contributed by atoms with van der Waals surface area (Å²) >= 11 is 1.84. The smallest absolute Gasteiger partial charge is 0.113 e. The van der Waals surface area contributed by atoms with Crippen LogP contribution >= 0.6 is 11.3 Å². The van der Waals surface area contributed by atoms with Crippen LogP contribution in [0.15, 0.2) is 5.38 Å². The Bertz CT molecular complexity index is 424. The highest BCUT2D eigenvalue weighted by Crippen LogP contribution is 2.49. The van der Waals surface area contributed by atoms with Crippen LogP contribution in [0, 0.1) is 18.3 Å². The number of hydrogen-bond acceptors (Lipinski definition) is 3. The molecule has 1 fully saturated rings. The predicted octanol–water partition coefficient (Wildman–Crippen LogP) is 4.49. The normalized spacial score (nSPS) is 30.5. The second kappa shape index (κ2) is 5.53. The van der Waals surface area contributed by atoms with E-state index in [0.29, 0.717) is 11.3 Å². The average molecular weight is 280 g/mol. The average Bonchev–Trinajstić information content (AvgIpc) is 2.75.